The summed E-state index contributed by atoms with van der Waals surface area (Å²) in [5, 5.41) is 5.15. The zero-order valence-corrected chi connectivity index (χ0v) is 23.6. The van der Waals surface area contributed by atoms with Gasteiger partial charge in [0.25, 0.3) is 5.56 Å². The fourth-order valence-corrected chi connectivity index (χ4v) is 5.09. The van der Waals surface area contributed by atoms with Crippen LogP contribution in [0, 0.1) is 25.5 Å². The van der Waals surface area contributed by atoms with Crippen LogP contribution in [0.2, 0.25) is 0 Å². The number of Topliss-reactive ketones (excluding diaryl/α,β-unsaturated/α-hetero) is 1. The molecule has 0 aliphatic heterocycles. The van der Waals surface area contributed by atoms with E-state index in [-0.39, 0.29) is 17.7 Å². The molecule has 0 unspecified atom stereocenters. The quantitative estimate of drug-likeness (QED) is 0.193. The van der Waals surface area contributed by atoms with Crippen LogP contribution < -0.4 is 10.3 Å². The van der Waals surface area contributed by atoms with Gasteiger partial charge in [0.2, 0.25) is 0 Å². The summed E-state index contributed by atoms with van der Waals surface area (Å²) in [5.41, 5.74) is 4.17. The number of ether oxygens (including phenoxy) is 1. The van der Waals surface area contributed by atoms with Crippen LogP contribution in [0.1, 0.15) is 27.3 Å². The molecular weight excluding hydrogens is 550 g/mol. The Morgan fingerprint density at radius 2 is 1.70 bits per heavy atom. The first kappa shape index (κ1) is 27.7. The number of aryl methyl sites for hydroxylation is 3. The van der Waals surface area contributed by atoms with Crippen molar-refractivity contribution in [2.75, 3.05) is 0 Å². The highest BCUT2D eigenvalue weighted by Crippen LogP contribution is 2.38. The van der Waals surface area contributed by atoms with E-state index in [0.717, 1.165) is 27.7 Å². The molecule has 6 aromatic rings. The summed E-state index contributed by atoms with van der Waals surface area (Å²) in [6.07, 6.45) is 3.23. The predicted molar refractivity (Wildman–Crippen MR) is 160 cm³/mol. The van der Waals surface area contributed by atoms with Gasteiger partial charge in [-0.1, -0.05) is 6.07 Å². The van der Waals surface area contributed by atoms with Gasteiger partial charge in [-0.15, -0.1) is 0 Å². The van der Waals surface area contributed by atoms with Gasteiger partial charge >= 0.3 is 0 Å². The number of hydrogen-bond acceptors (Lipinski definition) is 5. The van der Waals surface area contributed by atoms with Crippen LogP contribution in [-0.4, -0.2) is 25.1 Å². The summed E-state index contributed by atoms with van der Waals surface area (Å²) < 4.78 is 38.0. The van der Waals surface area contributed by atoms with Crippen LogP contribution in [0.15, 0.2) is 96.1 Å². The number of carbonyl (C=O) groups is 1. The number of ketones is 1. The lowest BCUT2D eigenvalue weighted by Gasteiger charge is -2.14. The lowest BCUT2D eigenvalue weighted by atomic mass is 10.0. The first-order valence-corrected chi connectivity index (χ1v) is 13.5. The SMILES string of the molecule is Cc1cc(-c2cc3c(cnn3C)cc2Oc2ccc(CC(=O)c3ccc(C)n(-c4ccc(F)cc4)c3=O)cc2F)ccn1. The van der Waals surface area contributed by atoms with Gasteiger partial charge in [-0.2, -0.15) is 5.10 Å². The molecule has 0 saturated heterocycles. The van der Waals surface area contributed by atoms with E-state index < -0.39 is 23.0 Å². The van der Waals surface area contributed by atoms with Crippen molar-refractivity contribution >= 4 is 16.7 Å². The number of rotatable bonds is 7. The topological polar surface area (TPSA) is 79.0 Å². The molecule has 214 valence electrons. The molecule has 6 rings (SSSR count). The lowest BCUT2D eigenvalue weighted by molar-refractivity contribution is 0.0991. The van der Waals surface area contributed by atoms with Crippen molar-refractivity contribution in [2.24, 2.45) is 7.05 Å². The molecule has 0 amide bonds. The van der Waals surface area contributed by atoms with Crippen LogP contribution in [-0.2, 0) is 13.5 Å². The minimum absolute atomic E-state index is 0.0135. The standard InChI is InChI=1S/C34H26F2N4O3/c1-20-14-23(12-13-37-20)28-18-30-24(19-38-39(30)3)17-33(28)43-32-11-5-22(15-29(32)36)16-31(41)27-10-4-21(2)40(34(27)42)26-8-6-25(35)7-9-26/h4-15,17-19H,16H2,1-3H3. The number of pyridine rings is 2. The Bertz CT molecular complexity index is 2080. The summed E-state index contributed by atoms with van der Waals surface area (Å²) in [6.45, 7) is 3.61. The highest BCUT2D eigenvalue weighted by Gasteiger charge is 2.18. The lowest BCUT2D eigenvalue weighted by Crippen LogP contribution is -2.27. The third kappa shape index (κ3) is 5.44. The normalized spacial score (nSPS) is 11.2. The molecule has 3 aromatic carbocycles. The molecular formula is C34H26F2N4O3. The Hall–Kier alpha value is -5.44. The second-order valence-electron chi connectivity index (χ2n) is 10.3. The molecule has 0 saturated carbocycles. The van der Waals surface area contributed by atoms with Gasteiger partial charge < -0.3 is 4.74 Å². The summed E-state index contributed by atoms with van der Waals surface area (Å²) in [6, 6.07) is 20.4. The molecule has 0 spiro atoms. The predicted octanol–water partition coefficient (Wildman–Crippen LogP) is 6.90. The third-order valence-electron chi connectivity index (χ3n) is 7.30. The monoisotopic (exact) mass is 576 g/mol. The molecule has 3 heterocycles. The maximum absolute atomic E-state index is 15.4. The van der Waals surface area contributed by atoms with Crippen LogP contribution in [0.3, 0.4) is 0 Å². The Morgan fingerprint density at radius 1 is 0.907 bits per heavy atom. The van der Waals surface area contributed by atoms with Crippen LogP contribution in [0.25, 0.3) is 27.7 Å². The first-order chi connectivity index (χ1) is 20.7. The highest BCUT2D eigenvalue weighted by atomic mass is 19.1. The van der Waals surface area contributed by atoms with Crippen molar-refractivity contribution in [2.45, 2.75) is 20.3 Å². The van der Waals surface area contributed by atoms with E-state index in [0.29, 0.717) is 22.7 Å². The minimum Gasteiger partial charge on any atom is -0.454 e. The largest absolute Gasteiger partial charge is 0.454 e. The third-order valence-corrected chi connectivity index (χ3v) is 7.30. The van der Waals surface area contributed by atoms with Crippen LogP contribution in [0.5, 0.6) is 11.5 Å². The molecule has 9 heteroatoms. The Balaban J connectivity index is 1.29. The van der Waals surface area contributed by atoms with Gasteiger partial charge in [-0.3, -0.25) is 23.8 Å². The Morgan fingerprint density at radius 3 is 2.44 bits per heavy atom. The van der Waals surface area contributed by atoms with Gasteiger partial charge in [0.05, 0.1) is 17.3 Å². The van der Waals surface area contributed by atoms with Crippen molar-refractivity contribution in [3.8, 4) is 28.3 Å². The fourth-order valence-electron chi connectivity index (χ4n) is 5.09. The number of carbonyl (C=O) groups excluding carboxylic acids is 1. The molecule has 0 fully saturated rings. The second-order valence-corrected chi connectivity index (χ2v) is 10.3. The van der Waals surface area contributed by atoms with E-state index in [4.69, 9.17) is 4.74 Å². The van der Waals surface area contributed by atoms with Gasteiger partial charge in [0, 0.05) is 47.7 Å². The minimum atomic E-state index is -0.652. The maximum Gasteiger partial charge on any atom is 0.266 e. The average molecular weight is 577 g/mol. The van der Waals surface area contributed by atoms with Crippen molar-refractivity contribution in [1.29, 1.82) is 0 Å². The number of nitrogens with zero attached hydrogens (tertiary/aromatic N) is 4. The van der Waals surface area contributed by atoms with E-state index in [9.17, 15) is 14.0 Å². The van der Waals surface area contributed by atoms with E-state index in [1.165, 1.54) is 47.0 Å². The smallest absolute Gasteiger partial charge is 0.266 e. The molecule has 0 aliphatic carbocycles. The van der Waals surface area contributed by atoms with Gasteiger partial charge in [0.15, 0.2) is 17.3 Å². The van der Waals surface area contributed by atoms with Crippen LogP contribution >= 0.6 is 0 Å². The summed E-state index contributed by atoms with van der Waals surface area (Å²) in [5.74, 6) is -1.12. The summed E-state index contributed by atoms with van der Waals surface area (Å²) >= 11 is 0. The summed E-state index contributed by atoms with van der Waals surface area (Å²) in [4.78, 5) is 30.7. The molecule has 0 bridgehead atoms. The van der Waals surface area contributed by atoms with E-state index in [1.54, 1.807) is 36.1 Å². The zero-order chi connectivity index (χ0) is 30.2. The highest BCUT2D eigenvalue weighted by molar-refractivity contribution is 5.97. The fraction of sp³-hybridized carbons (Fsp3) is 0.118. The van der Waals surface area contributed by atoms with Crippen LogP contribution in [0.4, 0.5) is 8.78 Å². The van der Waals surface area contributed by atoms with E-state index in [1.807, 2.05) is 38.2 Å². The number of hydrogen-bond donors (Lipinski definition) is 0. The van der Waals surface area contributed by atoms with Crippen molar-refractivity contribution < 1.29 is 18.3 Å². The molecule has 3 aromatic heterocycles. The number of aromatic nitrogens is 4. The number of fused-ring (bicyclic) bond motifs is 1. The van der Waals surface area contributed by atoms with Crippen molar-refractivity contribution in [3.63, 3.8) is 0 Å². The molecule has 0 atom stereocenters. The number of halogens is 2. The van der Waals surface area contributed by atoms with E-state index >= 15 is 4.39 Å². The Kier molecular flexibility index (Phi) is 7.15. The number of benzene rings is 3. The van der Waals surface area contributed by atoms with Gasteiger partial charge in [-0.25, -0.2) is 8.78 Å². The second kappa shape index (κ2) is 11.1. The molecule has 0 N–H and O–H groups in total. The molecule has 0 aliphatic rings. The summed E-state index contributed by atoms with van der Waals surface area (Å²) in [7, 11) is 1.85. The van der Waals surface area contributed by atoms with E-state index in [2.05, 4.69) is 10.1 Å². The Labute approximate surface area is 245 Å². The molecule has 0 radical (unpaired) electrons. The van der Waals surface area contributed by atoms with Gasteiger partial charge in [-0.05, 0) is 97.8 Å². The molecule has 7 nitrogen and oxygen atoms in total. The average Bonchev–Trinajstić information content (AvgIpc) is 3.34. The van der Waals surface area contributed by atoms with Gasteiger partial charge in [0.1, 0.15) is 11.6 Å². The van der Waals surface area contributed by atoms with Crippen molar-refractivity contribution in [3.05, 3.63) is 136 Å². The first-order valence-electron chi connectivity index (χ1n) is 13.5. The zero-order valence-electron chi connectivity index (χ0n) is 23.6. The molecule has 43 heavy (non-hydrogen) atoms. The van der Waals surface area contributed by atoms with Crippen molar-refractivity contribution in [1.82, 2.24) is 19.3 Å². The maximum atomic E-state index is 15.4.